The summed E-state index contributed by atoms with van der Waals surface area (Å²) in [7, 11) is 0. The van der Waals surface area contributed by atoms with E-state index in [1.165, 1.54) is 18.4 Å². The van der Waals surface area contributed by atoms with Gasteiger partial charge in [-0.3, -0.25) is 0 Å². The first kappa shape index (κ1) is 12.8. The van der Waals surface area contributed by atoms with Crippen LogP contribution in [-0.2, 0) is 5.41 Å². The van der Waals surface area contributed by atoms with E-state index in [-0.39, 0.29) is 5.41 Å². The van der Waals surface area contributed by atoms with E-state index in [2.05, 4.69) is 23.2 Å². The van der Waals surface area contributed by atoms with Gasteiger partial charge in [0.1, 0.15) is 0 Å². The lowest BCUT2D eigenvalue weighted by molar-refractivity contribution is 0.514. The molecule has 1 aromatic carbocycles. The summed E-state index contributed by atoms with van der Waals surface area (Å²) in [4.78, 5) is 4.39. The van der Waals surface area contributed by atoms with Gasteiger partial charge in [-0.2, -0.15) is 5.10 Å². The SMILES string of the molecule is Clc1ccc(C2(c3cc4ncccn4n3)CCCC2)cc1. The van der Waals surface area contributed by atoms with Gasteiger partial charge < -0.3 is 0 Å². The fraction of sp³-hybridized carbons (Fsp3) is 0.294. The van der Waals surface area contributed by atoms with Crippen molar-refractivity contribution in [1.82, 2.24) is 14.6 Å². The quantitative estimate of drug-likeness (QED) is 0.708. The number of hydrogen-bond acceptors (Lipinski definition) is 2. The topological polar surface area (TPSA) is 30.2 Å². The van der Waals surface area contributed by atoms with Crippen LogP contribution in [0.5, 0.6) is 0 Å². The van der Waals surface area contributed by atoms with Crippen molar-refractivity contribution in [3.8, 4) is 0 Å². The van der Waals surface area contributed by atoms with Crippen LogP contribution in [0.3, 0.4) is 0 Å². The highest BCUT2D eigenvalue weighted by atomic mass is 35.5. The molecule has 0 spiro atoms. The van der Waals surface area contributed by atoms with Crippen molar-refractivity contribution in [2.24, 2.45) is 0 Å². The van der Waals surface area contributed by atoms with E-state index in [9.17, 15) is 0 Å². The van der Waals surface area contributed by atoms with Gasteiger partial charge in [0.2, 0.25) is 0 Å². The van der Waals surface area contributed by atoms with Crippen LogP contribution in [0.15, 0.2) is 48.8 Å². The number of fused-ring (bicyclic) bond motifs is 1. The zero-order valence-corrected chi connectivity index (χ0v) is 12.4. The van der Waals surface area contributed by atoms with E-state index in [0.717, 1.165) is 29.2 Å². The van der Waals surface area contributed by atoms with Crippen molar-refractivity contribution in [3.63, 3.8) is 0 Å². The maximum atomic E-state index is 6.04. The van der Waals surface area contributed by atoms with Crippen molar-refractivity contribution in [2.75, 3.05) is 0 Å². The third-order valence-electron chi connectivity index (χ3n) is 4.58. The predicted octanol–water partition coefficient (Wildman–Crippen LogP) is 4.24. The normalized spacial score (nSPS) is 17.4. The molecule has 1 saturated carbocycles. The van der Waals surface area contributed by atoms with Crippen LogP contribution in [0.1, 0.15) is 36.9 Å². The standard InChI is InChI=1S/C17H16ClN3/c18-14-6-4-13(5-7-14)17(8-1-2-9-17)15-12-16-19-10-3-11-21(16)20-15/h3-7,10-12H,1-2,8-9H2. The van der Waals surface area contributed by atoms with Crippen molar-refractivity contribution in [3.05, 3.63) is 65.1 Å². The highest BCUT2D eigenvalue weighted by molar-refractivity contribution is 6.30. The lowest BCUT2D eigenvalue weighted by Gasteiger charge is -2.27. The molecule has 0 bridgehead atoms. The monoisotopic (exact) mass is 297 g/mol. The van der Waals surface area contributed by atoms with Gasteiger partial charge in [-0.15, -0.1) is 0 Å². The summed E-state index contributed by atoms with van der Waals surface area (Å²) >= 11 is 6.04. The summed E-state index contributed by atoms with van der Waals surface area (Å²) in [6.07, 6.45) is 8.52. The lowest BCUT2D eigenvalue weighted by atomic mass is 9.76. The number of benzene rings is 1. The van der Waals surface area contributed by atoms with Gasteiger partial charge in [-0.05, 0) is 36.6 Å². The zero-order valence-electron chi connectivity index (χ0n) is 11.7. The number of hydrogen-bond donors (Lipinski definition) is 0. The summed E-state index contributed by atoms with van der Waals surface area (Å²) in [5.41, 5.74) is 3.36. The second kappa shape index (κ2) is 4.85. The van der Waals surface area contributed by atoms with E-state index in [1.807, 2.05) is 35.1 Å². The van der Waals surface area contributed by atoms with E-state index >= 15 is 0 Å². The van der Waals surface area contributed by atoms with Crippen LogP contribution in [-0.4, -0.2) is 14.6 Å². The molecule has 0 saturated heterocycles. The van der Waals surface area contributed by atoms with Crippen molar-refractivity contribution < 1.29 is 0 Å². The molecule has 1 aliphatic carbocycles. The Balaban J connectivity index is 1.89. The molecule has 1 aliphatic rings. The van der Waals surface area contributed by atoms with Gasteiger partial charge >= 0.3 is 0 Å². The number of halogens is 1. The first-order chi connectivity index (χ1) is 10.3. The first-order valence-electron chi connectivity index (χ1n) is 7.35. The number of aromatic nitrogens is 3. The Kier molecular flexibility index (Phi) is 2.96. The molecule has 0 aliphatic heterocycles. The van der Waals surface area contributed by atoms with Gasteiger partial charge in [0.05, 0.1) is 5.69 Å². The molecule has 2 aromatic heterocycles. The van der Waals surface area contributed by atoms with Crippen molar-refractivity contribution in [2.45, 2.75) is 31.1 Å². The molecule has 0 atom stereocenters. The van der Waals surface area contributed by atoms with Crippen LogP contribution in [0.4, 0.5) is 0 Å². The second-order valence-corrected chi connectivity index (χ2v) is 6.18. The zero-order chi connectivity index (χ0) is 14.3. The third kappa shape index (κ3) is 2.04. The maximum Gasteiger partial charge on any atom is 0.155 e. The minimum atomic E-state index is 0.0122. The molecule has 1 fully saturated rings. The van der Waals surface area contributed by atoms with Crippen LogP contribution >= 0.6 is 11.6 Å². The summed E-state index contributed by atoms with van der Waals surface area (Å²) in [5, 5.41) is 5.57. The average molecular weight is 298 g/mol. The Morgan fingerprint density at radius 1 is 1.10 bits per heavy atom. The Labute approximate surface area is 128 Å². The number of nitrogens with zero attached hydrogens (tertiary/aromatic N) is 3. The molecule has 4 rings (SSSR count). The fourth-order valence-electron chi connectivity index (χ4n) is 3.50. The molecule has 0 radical (unpaired) electrons. The van der Waals surface area contributed by atoms with Crippen molar-refractivity contribution >= 4 is 17.2 Å². The minimum Gasteiger partial charge on any atom is -0.237 e. The third-order valence-corrected chi connectivity index (χ3v) is 4.83. The van der Waals surface area contributed by atoms with Gasteiger partial charge in [0.15, 0.2) is 5.65 Å². The lowest BCUT2D eigenvalue weighted by Crippen LogP contribution is -2.24. The Morgan fingerprint density at radius 3 is 2.57 bits per heavy atom. The van der Waals surface area contributed by atoms with Crippen LogP contribution in [0.25, 0.3) is 5.65 Å². The fourth-order valence-corrected chi connectivity index (χ4v) is 3.63. The Morgan fingerprint density at radius 2 is 1.86 bits per heavy atom. The predicted molar refractivity (Wildman–Crippen MR) is 83.7 cm³/mol. The highest BCUT2D eigenvalue weighted by Gasteiger charge is 2.39. The second-order valence-electron chi connectivity index (χ2n) is 5.75. The molecule has 3 nitrogen and oxygen atoms in total. The van der Waals surface area contributed by atoms with E-state index in [1.54, 1.807) is 0 Å². The average Bonchev–Trinajstić information content (AvgIpc) is 3.15. The van der Waals surface area contributed by atoms with Gasteiger partial charge in [0, 0.05) is 28.9 Å². The van der Waals surface area contributed by atoms with Gasteiger partial charge in [-0.25, -0.2) is 9.50 Å². The van der Waals surface area contributed by atoms with Crippen LogP contribution < -0.4 is 0 Å². The van der Waals surface area contributed by atoms with Crippen LogP contribution in [0, 0.1) is 0 Å². The molecule has 106 valence electrons. The summed E-state index contributed by atoms with van der Waals surface area (Å²) in [6, 6.07) is 12.3. The first-order valence-corrected chi connectivity index (χ1v) is 7.73. The molecular formula is C17H16ClN3. The molecular weight excluding hydrogens is 282 g/mol. The van der Waals surface area contributed by atoms with E-state index in [0.29, 0.717) is 0 Å². The molecule has 4 heteroatoms. The largest absolute Gasteiger partial charge is 0.237 e. The summed E-state index contributed by atoms with van der Waals surface area (Å²) in [5.74, 6) is 0. The highest BCUT2D eigenvalue weighted by Crippen LogP contribution is 2.46. The minimum absolute atomic E-state index is 0.0122. The molecule has 2 heterocycles. The van der Waals surface area contributed by atoms with E-state index < -0.39 is 0 Å². The Hall–Kier alpha value is -1.87. The van der Waals surface area contributed by atoms with Gasteiger partial charge in [0.25, 0.3) is 0 Å². The molecule has 21 heavy (non-hydrogen) atoms. The molecule has 3 aromatic rings. The van der Waals surface area contributed by atoms with Crippen molar-refractivity contribution in [1.29, 1.82) is 0 Å². The molecule has 0 unspecified atom stereocenters. The molecule has 0 N–H and O–H groups in total. The van der Waals surface area contributed by atoms with E-state index in [4.69, 9.17) is 16.7 Å². The van der Waals surface area contributed by atoms with Gasteiger partial charge in [-0.1, -0.05) is 36.6 Å². The Bertz CT molecular complexity index is 737. The smallest absolute Gasteiger partial charge is 0.155 e. The van der Waals surface area contributed by atoms with Crippen LogP contribution in [0.2, 0.25) is 5.02 Å². The molecule has 0 amide bonds. The summed E-state index contributed by atoms with van der Waals surface area (Å²) in [6.45, 7) is 0. The number of rotatable bonds is 2. The maximum absolute atomic E-state index is 6.04. The summed E-state index contributed by atoms with van der Waals surface area (Å²) < 4.78 is 1.87.